The number of halogens is 1. The topological polar surface area (TPSA) is 84.4 Å². The van der Waals surface area contributed by atoms with Crippen LogP contribution in [0, 0.1) is 12.3 Å². The molecular weight excluding hydrogens is 432 g/mol. The molecule has 2 aliphatic rings. The Morgan fingerprint density at radius 1 is 1.34 bits per heavy atom. The quantitative estimate of drug-likeness (QED) is 0.750. The van der Waals surface area contributed by atoms with Crippen molar-refractivity contribution in [2.24, 2.45) is 5.41 Å². The summed E-state index contributed by atoms with van der Waals surface area (Å²) in [6.45, 7) is 4.54. The minimum atomic E-state index is -0.159. The van der Waals surface area contributed by atoms with E-state index in [0.717, 1.165) is 42.4 Å². The Balaban J connectivity index is 1.23. The van der Waals surface area contributed by atoms with Crippen LogP contribution in [0.3, 0.4) is 0 Å². The second-order valence-electron chi connectivity index (χ2n) is 7.75. The molecule has 2 amide bonds. The third-order valence-electron chi connectivity index (χ3n) is 5.68. The molecule has 0 saturated carbocycles. The van der Waals surface area contributed by atoms with Crippen molar-refractivity contribution in [1.82, 2.24) is 20.4 Å². The molecule has 156 valence electrons. The maximum Gasteiger partial charge on any atom is 0.253 e. The maximum absolute atomic E-state index is 12.5. The van der Waals surface area contributed by atoms with Crippen LogP contribution in [-0.2, 0) is 16.0 Å². The van der Waals surface area contributed by atoms with Crippen molar-refractivity contribution in [3.63, 3.8) is 0 Å². The minimum Gasteiger partial charge on any atom is -0.376 e. The molecule has 0 bridgehead atoms. The third kappa shape index (κ3) is 4.79. The van der Waals surface area contributed by atoms with Crippen LogP contribution in [0.25, 0.3) is 0 Å². The Morgan fingerprint density at radius 2 is 2.14 bits per heavy atom. The molecule has 0 radical (unpaired) electrons. The Hall–Kier alpha value is -1.55. The van der Waals surface area contributed by atoms with Crippen LogP contribution in [0.1, 0.15) is 39.6 Å². The summed E-state index contributed by atoms with van der Waals surface area (Å²) in [5.41, 5.74) is 0.618. The number of aryl methyl sites for hydroxylation is 1. The predicted octanol–water partition coefficient (Wildman–Crippen LogP) is 2.93. The molecule has 0 aliphatic carbocycles. The Kier molecular flexibility index (Phi) is 6.19. The van der Waals surface area contributed by atoms with Crippen LogP contribution >= 0.6 is 34.3 Å². The minimum absolute atomic E-state index is 0.00276. The lowest BCUT2D eigenvalue weighted by molar-refractivity contribution is -0.132. The van der Waals surface area contributed by atoms with Crippen LogP contribution in [0.5, 0.6) is 0 Å². The largest absolute Gasteiger partial charge is 0.376 e. The van der Waals surface area contributed by atoms with Crippen molar-refractivity contribution in [2.75, 3.05) is 26.2 Å². The van der Waals surface area contributed by atoms with E-state index < -0.39 is 0 Å². The molecule has 1 N–H and O–H groups in total. The van der Waals surface area contributed by atoms with E-state index in [1.165, 1.54) is 22.7 Å². The smallest absolute Gasteiger partial charge is 0.253 e. The summed E-state index contributed by atoms with van der Waals surface area (Å²) < 4.78 is 5.97. The van der Waals surface area contributed by atoms with Crippen molar-refractivity contribution in [2.45, 2.75) is 38.7 Å². The standard InChI is InChI=1S/C19H23ClN4O3S2/c1-12-22-23-16(29-12)6-17(25)24-4-2-19(3-5-24)7-13(27-11-19)8-21-18(26)14-9-28-10-15(14)20/h9-10,13H,2-8,11H2,1H3,(H,21,26). The first-order chi connectivity index (χ1) is 13.9. The average molecular weight is 455 g/mol. The molecule has 0 aromatic carbocycles. The van der Waals surface area contributed by atoms with Crippen LogP contribution in [0.4, 0.5) is 0 Å². The van der Waals surface area contributed by atoms with Crippen LogP contribution in [0.2, 0.25) is 5.02 Å². The van der Waals surface area contributed by atoms with Gasteiger partial charge in [-0.05, 0) is 31.6 Å². The molecule has 29 heavy (non-hydrogen) atoms. The molecule has 4 heterocycles. The van der Waals surface area contributed by atoms with Crippen LogP contribution < -0.4 is 5.32 Å². The fourth-order valence-electron chi connectivity index (χ4n) is 4.00. The second kappa shape index (κ2) is 8.67. The number of likely N-dealkylation sites (tertiary alicyclic amines) is 1. The number of rotatable bonds is 5. The first-order valence-corrected chi connectivity index (χ1v) is 11.8. The molecule has 10 heteroatoms. The highest BCUT2D eigenvalue weighted by Crippen LogP contribution is 2.42. The van der Waals surface area contributed by atoms with Gasteiger partial charge in [0, 0.05) is 30.4 Å². The predicted molar refractivity (Wildman–Crippen MR) is 113 cm³/mol. The molecule has 1 unspecified atom stereocenters. The molecule has 2 aromatic heterocycles. The molecular formula is C19H23ClN4O3S2. The Morgan fingerprint density at radius 3 is 2.79 bits per heavy atom. The zero-order chi connectivity index (χ0) is 20.4. The number of carbonyl (C=O) groups is 2. The van der Waals surface area contributed by atoms with E-state index in [-0.39, 0.29) is 23.3 Å². The first kappa shape index (κ1) is 20.7. The molecule has 2 aromatic rings. The molecule has 2 fully saturated rings. The number of ether oxygens (including phenoxy) is 1. The van der Waals surface area contributed by atoms with Crippen molar-refractivity contribution >= 4 is 46.1 Å². The summed E-state index contributed by atoms with van der Waals surface area (Å²) in [5, 5.41) is 16.6. The summed E-state index contributed by atoms with van der Waals surface area (Å²) in [4.78, 5) is 26.7. The normalized spacial score (nSPS) is 20.9. The lowest BCUT2D eigenvalue weighted by atomic mass is 9.76. The summed E-state index contributed by atoms with van der Waals surface area (Å²) in [6, 6.07) is 0. The van der Waals surface area contributed by atoms with Crippen molar-refractivity contribution in [1.29, 1.82) is 0 Å². The van der Waals surface area contributed by atoms with Crippen molar-refractivity contribution < 1.29 is 14.3 Å². The monoisotopic (exact) mass is 454 g/mol. The van der Waals surface area contributed by atoms with E-state index in [2.05, 4.69) is 15.5 Å². The number of hydrogen-bond donors (Lipinski definition) is 1. The molecule has 2 saturated heterocycles. The summed E-state index contributed by atoms with van der Waals surface area (Å²) in [5.74, 6) is -0.0421. The Labute approximate surface area is 182 Å². The zero-order valence-electron chi connectivity index (χ0n) is 16.1. The fourth-order valence-corrected chi connectivity index (χ4v) is 5.74. The van der Waals surface area contributed by atoms with Gasteiger partial charge in [0.05, 0.1) is 29.7 Å². The van der Waals surface area contributed by atoms with Gasteiger partial charge in [-0.25, -0.2) is 0 Å². The fraction of sp³-hybridized carbons (Fsp3) is 0.579. The summed E-state index contributed by atoms with van der Waals surface area (Å²) in [7, 11) is 0. The van der Waals surface area contributed by atoms with Crippen molar-refractivity contribution in [3.8, 4) is 0 Å². The van der Waals surface area contributed by atoms with Crippen LogP contribution in [0.15, 0.2) is 10.8 Å². The highest BCUT2D eigenvalue weighted by molar-refractivity contribution is 7.11. The van der Waals surface area contributed by atoms with Gasteiger partial charge in [-0.3, -0.25) is 9.59 Å². The first-order valence-electron chi connectivity index (χ1n) is 9.62. The number of aromatic nitrogens is 2. The Bertz CT molecular complexity index is 892. The van der Waals surface area contributed by atoms with E-state index in [1.807, 2.05) is 11.8 Å². The van der Waals surface area contributed by atoms with Gasteiger partial charge in [0.1, 0.15) is 10.0 Å². The highest BCUT2D eigenvalue weighted by atomic mass is 35.5. The summed E-state index contributed by atoms with van der Waals surface area (Å²) in [6.07, 6.45) is 3.09. The number of nitrogens with zero attached hydrogens (tertiary/aromatic N) is 3. The van der Waals surface area contributed by atoms with Gasteiger partial charge in [0.25, 0.3) is 5.91 Å². The lowest BCUT2D eigenvalue weighted by Crippen LogP contribution is -2.44. The van der Waals surface area contributed by atoms with E-state index in [9.17, 15) is 9.59 Å². The second-order valence-corrected chi connectivity index (χ2v) is 10.2. The highest BCUT2D eigenvalue weighted by Gasteiger charge is 2.43. The number of carbonyl (C=O) groups excluding carboxylic acids is 2. The molecule has 1 spiro atoms. The van der Waals surface area contributed by atoms with E-state index in [4.69, 9.17) is 16.3 Å². The zero-order valence-corrected chi connectivity index (χ0v) is 18.5. The van der Waals surface area contributed by atoms with Gasteiger partial charge < -0.3 is 15.0 Å². The van der Waals surface area contributed by atoms with Gasteiger partial charge in [-0.15, -0.1) is 32.9 Å². The van der Waals surface area contributed by atoms with Gasteiger partial charge in [-0.2, -0.15) is 0 Å². The van der Waals surface area contributed by atoms with Gasteiger partial charge in [0.15, 0.2) is 0 Å². The molecule has 2 aliphatic heterocycles. The number of amides is 2. The number of hydrogen-bond acceptors (Lipinski definition) is 7. The lowest BCUT2D eigenvalue weighted by Gasteiger charge is -2.38. The van der Waals surface area contributed by atoms with Gasteiger partial charge >= 0.3 is 0 Å². The number of nitrogens with one attached hydrogen (secondary N) is 1. The molecule has 7 nitrogen and oxygen atoms in total. The van der Waals surface area contributed by atoms with E-state index >= 15 is 0 Å². The molecule has 4 rings (SSSR count). The van der Waals surface area contributed by atoms with Gasteiger partial charge in [0.2, 0.25) is 5.91 Å². The summed E-state index contributed by atoms with van der Waals surface area (Å²) >= 11 is 8.90. The SMILES string of the molecule is Cc1nnc(CC(=O)N2CCC3(CC2)COC(CNC(=O)c2cscc2Cl)C3)s1. The van der Waals surface area contributed by atoms with Crippen LogP contribution in [-0.4, -0.2) is 59.3 Å². The van der Waals surface area contributed by atoms with E-state index in [1.54, 1.807) is 10.8 Å². The maximum atomic E-state index is 12.5. The number of piperidine rings is 1. The number of thiophene rings is 1. The third-order valence-corrected chi connectivity index (χ3v) is 7.71. The molecule has 1 atom stereocenters. The van der Waals surface area contributed by atoms with E-state index in [0.29, 0.717) is 30.2 Å². The van der Waals surface area contributed by atoms with Crippen molar-refractivity contribution in [3.05, 3.63) is 31.4 Å². The average Bonchev–Trinajstić information content (AvgIpc) is 3.41. The van der Waals surface area contributed by atoms with Gasteiger partial charge in [-0.1, -0.05) is 11.6 Å².